The van der Waals surface area contributed by atoms with Crippen molar-refractivity contribution in [1.29, 1.82) is 0 Å². The van der Waals surface area contributed by atoms with Gasteiger partial charge in [-0.05, 0) is 49.4 Å². The highest BCUT2D eigenvalue weighted by Gasteiger charge is 2.58. The SMILES string of the molecule is CC(N[C@@H]1CC2(C[C@H]1O)CN(C)C2C(C)C)c1ccc2c(c1)COC2. The summed E-state index contributed by atoms with van der Waals surface area (Å²) in [6.45, 7) is 9.42. The van der Waals surface area contributed by atoms with Crippen LogP contribution in [0.25, 0.3) is 0 Å². The summed E-state index contributed by atoms with van der Waals surface area (Å²) in [5.41, 5.74) is 4.22. The average Bonchev–Trinajstić information content (AvgIpc) is 3.11. The first kappa shape index (κ1) is 17.5. The smallest absolute Gasteiger partial charge is 0.0725 e. The summed E-state index contributed by atoms with van der Waals surface area (Å²) < 4.78 is 5.53. The Morgan fingerprint density at radius 3 is 2.68 bits per heavy atom. The predicted octanol–water partition coefficient (Wildman–Crippen LogP) is 2.85. The summed E-state index contributed by atoms with van der Waals surface area (Å²) in [5, 5.41) is 14.4. The van der Waals surface area contributed by atoms with Gasteiger partial charge in [0.05, 0.1) is 19.3 Å². The van der Waals surface area contributed by atoms with Crippen molar-refractivity contribution in [2.75, 3.05) is 13.6 Å². The van der Waals surface area contributed by atoms with Gasteiger partial charge in [-0.25, -0.2) is 0 Å². The molecule has 5 atom stereocenters. The maximum absolute atomic E-state index is 10.7. The second kappa shape index (κ2) is 6.34. The fourth-order valence-corrected chi connectivity index (χ4v) is 5.90. The van der Waals surface area contributed by atoms with E-state index in [0.717, 1.165) is 32.6 Å². The number of likely N-dealkylation sites (tertiary alicyclic amines) is 1. The summed E-state index contributed by atoms with van der Waals surface area (Å²) in [6.07, 6.45) is 1.78. The lowest BCUT2D eigenvalue weighted by atomic mass is 9.66. The molecule has 4 nitrogen and oxygen atoms in total. The van der Waals surface area contributed by atoms with Crippen LogP contribution >= 0.6 is 0 Å². The standard InChI is InChI=1S/C21H32N2O2/c1-13(2)20-21(12-23(20)4)8-18(19(24)9-21)22-14(3)15-5-6-16-10-25-11-17(16)7-15/h5-7,13-14,18-20,22,24H,8-12H2,1-4H3/t14?,18-,19-,20?,21?/m1/s1. The summed E-state index contributed by atoms with van der Waals surface area (Å²) in [7, 11) is 2.22. The number of nitrogens with one attached hydrogen (secondary N) is 1. The fourth-order valence-electron chi connectivity index (χ4n) is 5.90. The van der Waals surface area contributed by atoms with E-state index in [9.17, 15) is 5.11 Å². The highest BCUT2D eigenvalue weighted by Crippen LogP contribution is 2.52. The second-order valence-electron chi connectivity index (χ2n) is 8.96. The van der Waals surface area contributed by atoms with E-state index in [1.54, 1.807) is 0 Å². The van der Waals surface area contributed by atoms with Gasteiger partial charge < -0.3 is 20.1 Å². The molecule has 138 valence electrons. The summed E-state index contributed by atoms with van der Waals surface area (Å²) in [6, 6.07) is 7.70. The van der Waals surface area contributed by atoms with Gasteiger partial charge in [0.25, 0.3) is 0 Å². The second-order valence-corrected chi connectivity index (χ2v) is 8.96. The number of aliphatic hydroxyl groups excluding tert-OH is 1. The van der Waals surface area contributed by atoms with E-state index in [0.29, 0.717) is 17.4 Å². The van der Waals surface area contributed by atoms with Gasteiger partial charge in [-0.2, -0.15) is 0 Å². The Bertz CT molecular complexity index is 642. The summed E-state index contributed by atoms with van der Waals surface area (Å²) >= 11 is 0. The first-order valence-electron chi connectivity index (χ1n) is 9.73. The quantitative estimate of drug-likeness (QED) is 0.882. The van der Waals surface area contributed by atoms with Crippen molar-refractivity contribution < 1.29 is 9.84 Å². The number of nitrogens with zero attached hydrogens (tertiary/aromatic N) is 1. The van der Waals surface area contributed by atoms with Crippen molar-refractivity contribution >= 4 is 0 Å². The van der Waals surface area contributed by atoms with Crippen LogP contribution < -0.4 is 5.32 Å². The van der Waals surface area contributed by atoms with E-state index in [1.807, 2.05) is 0 Å². The van der Waals surface area contributed by atoms with Crippen molar-refractivity contribution in [3.05, 3.63) is 34.9 Å². The molecule has 3 unspecified atom stereocenters. The topological polar surface area (TPSA) is 44.7 Å². The maximum Gasteiger partial charge on any atom is 0.0725 e. The first-order chi connectivity index (χ1) is 11.9. The molecule has 0 bridgehead atoms. The van der Waals surface area contributed by atoms with Crippen molar-refractivity contribution in [2.45, 2.75) is 71.1 Å². The summed E-state index contributed by atoms with van der Waals surface area (Å²) in [4.78, 5) is 2.46. The minimum Gasteiger partial charge on any atom is -0.391 e. The minimum atomic E-state index is -0.241. The van der Waals surface area contributed by atoms with E-state index in [-0.39, 0.29) is 18.2 Å². The van der Waals surface area contributed by atoms with E-state index in [1.165, 1.54) is 16.7 Å². The van der Waals surface area contributed by atoms with Crippen LogP contribution in [0.4, 0.5) is 0 Å². The van der Waals surface area contributed by atoms with Crippen molar-refractivity contribution in [1.82, 2.24) is 10.2 Å². The molecule has 0 aromatic heterocycles. The van der Waals surface area contributed by atoms with Crippen LogP contribution in [0.3, 0.4) is 0 Å². The van der Waals surface area contributed by atoms with Crippen LogP contribution in [-0.4, -0.2) is 41.8 Å². The third kappa shape index (κ3) is 2.93. The molecule has 1 saturated carbocycles. The van der Waals surface area contributed by atoms with Gasteiger partial charge in [0.2, 0.25) is 0 Å². The fraction of sp³-hybridized carbons (Fsp3) is 0.714. The molecule has 1 aromatic rings. The molecule has 2 N–H and O–H groups in total. The van der Waals surface area contributed by atoms with Gasteiger partial charge >= 0.3 is 0 Å². The number of rotatable bonds is 4. The molecule has 1 saturated heterocycles. The number of benzene rings is 1. The van der Waals surface area contributed by atoms with Crippen LogP contribution in [0.2, 0.25) is 0 Å². The van der Waals surface area contributed by atoms with Crippen molar-refractivity contribution in [3.63, 3.8) is 0 Å². The number of ether oxygens (including phenoxy) is 1. The van der Waals surface area contributed by atoms with Crippen molar-refractivity contribution in [2.24, 2.45) is 11.3 Å². The van der Waals surface area contributed by atoms with E-state index in [4.69, 9.17) is 4.74 Å². The van der Waals surface area contributed by atoms with E-state index >= 15 is 0 Å². The van der Waals surface area contributed by atoms with Crippen LogP contribution in [0, 0.1) is 11.3 Å². The Hall–Kier alpha value is -0.940. The van der Waals surface area contributed by atoms with E-state index in [2.05, 4.69) is 56.2 Å². The molecule has 25 heavy (non-hydrogen) atoms. The van der Waals surface area contributed by atoms with Gasteiger partial charge in [-0.3, -0.25) is 0 Å². The zero-order chi connectivity index (χ0) is 17.8. The molecule has 1 spiro atoms. The van der Waals surface area contributed by atoms with Crippen LogP contribution in [0.15, 0.2) is 18.2 Å². The molecule has 0 radical (unpaired) electrons. The zero-order valence-electron chi connectivity index (χ0n) is 16.0. The molecule has 4 rings (SSSR count). The Morgan fingerprint density at radius 1 is 1.20 bits per heavy atom. The summed E-state index contributed by atoms with van der Waals surface area (Å²) in [5.74, 6) is 0.638. The molecular formula is C21H32N2O2. The lowest BCUT2D eigenvalue weighted by Gasteiger charge is -2.57. The van der Waals surface area contributed by atoms with Crippen LogP contribution in [-0.2, 0) is 18.0 Å². The molecule has 2 heterocycles. The van der Waals surface area contributed by atoms with Crippen LogP contribution in [0.1, 0.15) is 56.3 Å². The number of aliphatic hydroxyl groups is 1. The minimum absolute atomic E-state index is 0.189. The van der Waals surface area contributed by atoms with Gasteiger partial charge in [-0.1, -0.05) is 32.0 Å². The van der Waals surface area contributed by atoms with Gasteiger partial charge in [0.1, 0.15) is 0 Å². The van der Waals surface area contributed by atoms with Gasteiger partial charge in [0, 0.05) is 30.1 Å². The highest BCUT2D eigenvalue weighted by molar-refractivity contribution is 5.34. The molecule has 1 aliphatic carbocycles. The molecule has 2 aliphatic heterocycles. The number of fused-ring (bicyclic) bond motifs is 1. The first-order valence-corrected chi connectivity index (χ1v) is 9.73. The molecule has 4 heteroatoms. The largest absolute Gasteiger partial charge is 0.391 e. The molecule has 1 aromatic carbocycles. The lowest BCUT2D eigenvalue weighted by Crippen LogP contribution is -2.64. The Balaban J connectivity index is 1.44. The third-order valence-corrected chi connectivity index (χ3v) is 6.71. The average molecular weight is 344 g/mol. The van der Waals surface area contributed by atoms with Crippen molar-refractivity contribution in [3.8, 4) is 0 Å². The predicted molar refractivity (Wildman–Crippen MR) is 99.2 cm³/mol. The monoisotopic (exact) mass is 344 g/mol. The Kier molecular flexibility index (Phi) is 4.43. The highest BCUT2D eigenvalue weighted by atomic mass is 16.5. The van der Waals surface area contributed by atoms with Crippen LogP contribution in [0.5, 0.6) is 0 Å². The van der Waals surface area contributed by atoms with Gasteiger partial charge in [0.15, 0.2) is 0 Å². The third-order valence-electron chi connectivity index (χ3n) is 6.71. The van der Waals surface area contributed by atoms with Gasteiger partial charge in [-0.15, -0.1) is 0 Å². The molecule has 0 amide bonds. The Morgan fingerprint density at radius 2 is 1.96 bits per heavy atom. The van der Waals surface area contributed by atoms with E-state index < -0.39 is 0 Å². The number of hydrogen-bond donors (Lipinski definition) is 2. The number of hydrogen-bond acceptors (Lipinski definition) is 4. The normalized spacial score (nSPS) is 36.0. The maximum atomic E-state index is 10.7. The Labute approximate surface area is 151 Å². The zero-order valence-corrected chi connectivity index (χ0v) is 16.0. The lowest BCUT2D eigenvalue weighted by molar-refractivity contribution is -0.0828. The molecular weight excluding hydrogens is 312 g/mol. The molecule has 3 aliphatic rings. The molecule has 2 fully saturated rings.